The maximum absolute atomic E-state index is 14.2. The molecule has 6 heteroatoms. The first-order chi connectivity index (χ1) is 15.0. The van der Waals surface area contributed by atoms with Gasteiger partial charge in [0.2, 0.25) is 5.91 Å². The number of carbonyl (C=O) groups excluding carboxylic acids is 2. The van der Waals surface area contributed by atoms with Crippen molar-refractivity contribution in [2.24, 2.45) is 0 Å². The molecule has 0 aliphatic carbocycles. The van der Waals surface area contributed by atoms with E-state index in [1.54, 1.807) is 43.3 Å². The number of amides is 2. The lowest BCUT2D eigenvalue weighted by Crippen LogP contribution is -2.44. The van der Waals surface area contributed by atoms with Gasteiger partial charge in [0.15, 0.2) is 6.10 Å². The molecule has 1 heterocycles. The summed E-state index contributed by atoms with van der Waals surface area (Å²) in [7, 11) is 0. The summed E-state index contributed by atoms with van der Waals surface area (Å²) in [6, 6.07) is 21.3. The zero-order valence-corrected chi connectivity index (χ0v) is 17.2. The fourth-order valence-corrected chi connectivity index (χ4v) is 3.57. The molecule has 2 amide bonds. The lowest BCUT2D eigenvalue weighted by Gasteiger charge is -2.33. The lowest BCUT2D eigenvalue weighted by atomic mass is 10.1. The lowest BCUT2D eigenvalue weighted by molar-refractivity contribution is -0.125. The number of halogens is 1. The number of nitrogens with zero attached hydrogens (tertiary/aromatic N) is 1. The van der Waals surface area contributed by atoms with Crippen molar-refractivity contribution in [3.63, 3.8) is 0 Å². The maximum Gasteiger partial charge on any atom is 0.268 e. The van der Waals surface area contributed by atoms with Crippen LogP contribution in [0.3, 0.4) is 0 Å². The Hall–Kier alpha value is -3.67. The van der Waals surface area contributed by atoms with Crippen LogP contribution >= 0.6 is 0 Å². The van der Waals surface area contributed by atoms with Gasteiger partial charge in [0.25, 0.3) is 5.91 Å². The summed E-state index contributed by atoms with van der Waals surface area (Å²) in [5, 5.41) is 2.88. The van der Waals surface area contributed by atoms with Crippen LogP contribution in [0.4, 0.5) is 15.8 Å². The van der Waals surface area contributed by atoms with Crippen LogP contribution in [-0.2, 0) is 22.6 Å². The van der Waals surface area contributed by atoms with Crippen LogP contribution in [0.15, 0.2) is 72.8 Å². The van der Waals surface area contributed by atoms with Crippen LogP contribution in [0, 0.1) is 5.82 Å². The topological polar surface area (TPSA) is 58.6 Å². The second-order valence-corrected chi connectivity index (χ2v) is 7.49. The average molecular weight is 418 g/mol. The van der Waals surface area contributed by atoms with E-state index in [1.807, 2.05) is 30.3 Å². The fraction of sp³-hybridized carbons (Fsp3) is 0.200. The molecule has 0 bridgehead atoms. The van der Waals surface area contributed by atoms with Crippen molar-refractivity contribution < 1.29 is 18.7 Å². The number of nitrogens with one attached hydrogen (secondary N) is 1. The molecular weight excluding hydrogens is 395 g/mol. The highest BCUT2D eigenvalue weighted by Crippen LogP contribution is 2.37. The standard InChI is InChI=1S/C25H23FN2O3/c1-17-25(30)28(16-19-9-5-6-10-21(19)26)22-15-20(12-13-23(22)31-17)27-24(29)14-11-18-7-3-2-4-8-18/h2-10,12-13,15,17H,11,14,16H2,1H3,(H,27,29). The van der Waals surface area contributed by atoms with Gasteiger partial charge in [0, 0.05) is 17.7 Å². The Morgan fingerprint density at radius 3 is 2.58 bits per heavy atom. The largest absolute Gasteiger partial charge is 0.479 e. The number of rotatable bonds is 6. The molecule has 31 heavy (non-hydrogen) atoms. The second kappa shape index (κ2) is 9.00. The van der Waals surface area contributed by atoms with Gasteiger partial charge in [-0.3, -0.25) is 9.59 Å². The Bertz CT molecular complexity index is 1100. The molecule has 158 valence electrons. The molecule has 1 aliphatic rings. The number of anilines is 2. The number of hydrogen-bond acceptors (Lipinski definition) is 3. The van der Waals surface area contributed by atoms with Gasteiger partial charge in [-0.25, -0.2) is 4.39 Å². The van der Waals surface area contributed by atoms with Crippen molar-refractivity contribution in [1.29, 1.82) is 0 Å². The number of hydrogen-bond donors (Lipinski definition) is 1. The van der Waals surface area contributed by atoms with Gasteiger partial charge in [-0.2, -0.15) is 0 Å². The van der Waals surface area contributed by atoms with E-state index in [-0.39, 0.29) is 24.2 Å². The molecule has 0 saturated carbocycles. The monoisotopic (exact) mass is 418 g/mol. The Morgan fingerprint density at radius 2 is 1.81 bits per heavy atom. The van der Waals surface area contributed by atoms with Gasteiger partial charge in [-0.1, -0.05) is 48.5 Å². The smallest absolute Gasteiger partial charge is 0.268 e. The summed E-state index contributed by atoms with van der Waals surface area (Å²) in [5.41, 5.74) is 2.56. The summed E-state index contributed by atoms with van der Waals surface area (Å²) in [5.74, 6) is -0.240. The van der Waals surface area contributed by atoms with Gasteiger partial charge < -0.3 is 15.0 Å². The number of ether oxygens (including phenoxy) is 1. The number of benzene rings is 3. The first kappa shape index (κ1) is 20.6. The van der Waals surface area contributed by atoms with Crippen LogP contribution in [0.2, 0.25) is 0 Å². The normalized spacial score (nSPS) is 15.2. The first-order valence-corrected chi connectivity index (χ1v) is 10.2. The van der Waals surface area contributed by atoms with E-state index >= 15 is 0 Å². The van der Waals surface area contributed by atoms with E-state index < -0.39 is 6.10 Å². The van der Waals surface area contributed by atoms with Crippen molar-refractivity contribution in [3.05, 3.63) is 89.7 Å². The van der Waals surface area contributed by atoms with E-state index in [0.29, 0.717) is 35.5 Å². The van der Waals surface area contributed by atoms with Gasteiger partial charge >= 0.3 is 0 Å². The SMILES string of the molecule is CC1Oc2ccc(NC(=O)CCc3ccccc3)cc2N(Cc2ccccc2F)C1=O. The molecule has 0 aromatic heterocycles. The van der Waals surface area contributed by atoms with Crippen LogP contribution in [0.1, 0.15) is 24.5 Å². The van der Waals surface area contributed by atoms with Crippen molar-refractivity contribution >= 4 is 23.2 Å². The summed E-state index contributed by atoms with van der Waals surface area (Å²) < 4.78 is 19.9. The van der Waals surface area contributed by atoms with Crippen molar-refractivity contribution in [2.75, 3.05) is 10.2 Å². The van der Waals surface area contributed by atoms with Crippen molar-refractivity contribution in [2.45, 2.75) is 32.4 Å². The van der Waals surface area contributed by atoms with Crippen LogP contribution in [-0.4, -0.2) is 17.9 Å². The number of aryl methyl sites for hydroxylation is 1. The summed E-state index contributed by atoms with van der Waals surface area (Å²) in [6.07, 6.45) is 0.299. The predicted molar refractivity (Wildman–Crippen MR) is 118 cm³/mol. The third-order valence-corrected chi connectivity index (χ3v) is 5.22. The summed E-state index contributed by atoms with van der Waals surface area (Å²) in [4.78, 5) is 26.7. The van der Waals surface area contributed by atoms with Gasteiger partial charge in [-0.15, -0.1) is 0 Å². The molecule has 0 radical (unpaired) electrons. The summed E-state index contributed by atoms with van der Waals surface area (Å²) in [6.45, 7) is 1.75. The molecule has 1 unspecified atom stereocenters. The minimum absolute atomic E-state index is 0.0810. The maximum atomic E-state index is 14.2. The summed E-state index contributed by atoms with van der Waals surface area (Å²) >= 11 is 0. The molecule has 1 N–H and O–H groups in total. The zero-order chi connectivity index (χ0) is 21.8. The van der Waals surface area contributed by atoms with Gasteiger partial charge in [0.05, 0.1) is 12.2 Å². The number of carbonyl (C=O) groups is 2. The van der Waals surface area contributed by atoms with Crippen LogP contribution in [0.25, 0.3) is 0 Å². The highest BCUT2D eigenvalue weighted by atomic mass is 19.1. The molecule has 5 nitrogen and oxygen atoms in total. The Morgan fingerprint density at radius 1 is 1.06 bits per heavy atom. The third kappa shape index (κ3) is 4.74. The van der Waals surface area contributed by atoms with E-state index in [4.69, 9.17) is 4.74 Å². The predicted octanol–water partition coefficient (Wildman–Crippen LogP) is 4.71. The zero-order valence-electron chi connectivity index (χ0n) is 17.2. The fourth-order valence-electron chi connectivity index (χ4n) is 3.57. The molecule has 0 fully saturated rings. The molecule has 1 atom stereocenters. The van der Waals surface area contributed by atoms with Crippen LogP contribution < -0.4 is 15.0 Å². The highest BCUT2D eigenvalue weighted by molar-refractivity contribution is 6.01. The molecular formula is C25H23FN2O3. The first-order valence-electron chi connectivity index (χ1n) is 10.2. The van der Waals surface area contributed by atoms with Crippen LogP contribution in [0.5, 0.6) is 5.75 Å². The number of fused-ring (bicyclic) bond motifs is 1. The molecule has 0 saturated heterocycles. The Labute approximate surface area is 180 Å². The quantitative estimate of drug-likeness (QED) is 0.631. The van der Waals surface area contributed by atoms with E-state index in [1.165, 1.54) is 11.0 Å². The Kier molecular flexibility index (Phi) is 5.98. The molecule has 1 aliphatic heterocycles. The third-order valence-electron chi connectivity index (χ3n) is 5.22. The van der Waals surface area contributed by atoms with Gasteiger partial charge in [-0.05, 0) is 43.2 Å². The highest BCUT2D eigenvalue weighted by Gasteiger charge is 2.32. The molecule has 4 rings (SSSR count). The van der Waals surface area contributed by atoms with E-state index in [9.17, 15) is 14.0 Å². The molecule has 3 aromatic carbocycles. The van der Waals surface area contributed by atoms with Crippen molar-refractivity contribution in [3.8, 4) is 5.75 Å². The molecule has 3 aromatic rings. The van der Waals surface area contributed by atoms with E-state index in [2.05, 4.69) is 5.32 Å². The molecule has 0 spiro atoms. The Balaban J connectivity index is 1.52. The minimum atomic E-state index is -0.675. The van der Waals surface area contributed by atoms with E-state index in [0.717, 1.165) is 5.56 Å². The van der Waals surface area contributed by atoms with Gasteiger partial charge in [0.1, 0.15) is 11.6 Å². The second-order valence-electron chi connectivity index (χ2n) is 7.49. The van der Waals surface area contributed by atoms with Crippen molar-refractivity contribution in [1.82, 2.24) is 0 Å². The average Bonchev–Trinajstić information content (AvgIpc) is 2.78. The minimum Gasteiger partial charge on any atom is -0.479 e.